The maximum absolute atomic E-state index is 11.9. The molecule has 5 nitrogen and oxygen atoms in total. The summed E-state index contributed by atoms with van der Waals surface area (Å²) in [6.45, 7) is 1.97. The number of anilines is 1. The molecule has 0 bridgehead atoms. The summed E-state index contributed by atoms with van der Waals surface area (Å²) < 4.78 is 5.45. The molecule has 1 saturated carbocycles. The Morgan fingerprint density at radius 1 is 1.24 bits per heavy atom. The normalized spacial score (nSPS) is 13.8. The zero-order chi connectivity index (χ0) is 14.7. The molecular formula is C16H17N3O2. The van der Waals surface area contributed by atoms with E-state index < -0.39 is 0 Å². The van der Waals surface area contributed by atoms with Crippen LogP contribution in [0.4, 0.5) is 5.82 Å². The van der Waals surface area contributed by atoms with Crippen molar-refractivity contribution in [3.63, 3.8) is 0 Å². The van der Waals surface area contributed by atoms with Crippen LogP contribution in [-0.4, -0.2) is 22.5 Å². The smallest absolute Gasteiger partial charge is 0.263 e. The van der Waals surface area contributed by atoms with Gasteiger partial charge in [-0.1, -0.05) is 17.7 Å². The monoisotopic (exact) mass is 283 g/mol. The number of carbonyl (C=O) groups is 1. The summed E-state index contributed by atoms with van der Waals surface area (Å²) in [5.74, 6) is 1.44. The highest BCUT2D eigenvalue weighted by atomic mass is 16.5. The molecule has 21 heavy (non-hydrogen) atoms. The fourth-order valence-corrected chi connectivity index (χ4v) is 2.05. The lowest BCUT2D eigenvalue weighted by molar-refractivity contribution is -0.118. The highest BCUT2D eigenvalue weighted by Gasteiger charge is 2.28. The Balaban J connectivity index is 1.58. The Morgan fingerprint density at radius 2 is 1.95 bits per heavy atom. The Kier molecular flexibility index (Phi) is 3.81. The van der Waals surface area contributed by atoms with Crippen LogP contribution in [0.15, 0.2) is 36.7 Å². The molecule has 0 radical (unpaired) electrons. The largest absolute Gasteiger partial charge is 0.484 e. The number of hydrogen-bond donors (Lipinski definition) is 1. The quantitative estimate of drug-likeness (QED) is 0.916. The molecule has 5 heteroatoms. The molecule has 1 fully saturated rings. The summed E-state index contributed by atoms with van der Waals surface area (Å²) in [6.07, 6.45) is 5.47. The van der Waals surface area contributed by atoms with E-state index in [1.807, 2.05) is 31.2 Å². The third-order valence-electron chi connectivity index (χ3n) is 3.34. The topological polar surface area (TPSA) is 64.1 Å². The Hall–Kier alpha value is -2.43. The van der Waals surface area contributed by atoms with Crippen molar-refractivity contribution in [1.29, 1.82) is 0 Å². The number of amides is 1. The van der Waals surface area contributed by atoms with Gasteiger partial charge in [0.2, 0.25) is 0 Å². The molecule has 1 aliphatic rings. The number of nitrogens with one attached hydrogen (secondary N) is 1. The Bertz CT molecular complexity index is 636. The van der Waals surface area contributed by atoms with Crippen LogP contribution in [0.2, 0.25) is 0 Å². The molecule has 108 valence electrons. The fraction of sp³-hybridized carbons (Fsp3) is 0.312. The minimum atomic E-state index is -0.224. The SMILES string of the molecule is Cc1ccc(OCC(=O)Nc2nccnc2C2CC2)cc1. The van der Waals surface area contributed by atoms with Gasteiger partial charge in [0.15, 0.2) is 12.4 Å². The second-order valence-electron chi connectivity index (χ2n) is 5.21. The Labute approximate surface area is 123 Å². The minimum absolute atomic E-state index is 0.0380. The fourth-order valence-electron chi connectivity index (χ4n) is 2.05. The van der Waals surface area contributed by atoms with Crippen LogP contribution >= 0.6 is 0 Å². The van der Waals surface area contributed by atoms with Crippen LogP contribution in [0, 0.1) is 6.92 Å². The number of nitrogens with zero attached hydrogens (tertiary/aromatic N) is 2. The van der Waals surface area contributed by atoms with E-state index in [1.165, 1.54) is 0 Å². The number of carbonyl (C=O) groups excluding carboxylic acids is 1. The lowest BCUT2D eigenvalue weighted by Gasteiger charge is -2.09. The number of hydrogen-bond acceptors (Lipinski definition) is 4. The van der Waals surface area contributed by atoms with Gasteiger partial charge < -0.3 is 10.1 Å². The third-order valence-corrected chi connectivity index (χ3v) is 3.34. The van der Waals surface area contributed by atoms with Gasteiger partial charge in [0.05, 0.1) is 5.69 Å². The van der Waals surface area contributed by atoms with Crippen LogP contribution in [0.3, 0.4) is 0 Å². The molecule has 3 rings (SSSR count). The summed E-state index contributed by atoms with van der Waals surface area (Å²) in [7, 11) is 0. The second kappa shape index (κ2) is 5.91. The van der Waals surface area contributed by atoms with Crippen LogP contribution in [0.1, 0.15) is 30.0 Å². The maximum atomic E-state index is 11.9. The van der Waals surface area contributed by atoms with Crippen molar-refractivity contribution < 1.29 is 9.53 Å². The van der Waals surface area contributed by atoms with E-state index >= 15 is 0 Å². The summed E-state index contributed by atoms with van der Waals surface area (Å²) in [6, 6.07) is 7.59. The Morgan fingerprint density at radius 3 is 2.67 bits per heavy atom. The molecule has 0 unspecified atom stereocenters. The standard InChI is InChI=1S/C16H17N3O2/c1-11-2-6-13(7-3-11)21-10-14(20)19-16-15(12-4-5-12)17-8-9-18-16/h2-3,6-9,12H,4-5,10H2,1H3,(H,18,19,20). The zero-order valence-corrected chi connectivity index (χ0v) is 11.9. The van der Waals surface area contributed by atoms with Gasteiger partial charge in [-0.15, -0.1) is 0 Å². The molecule has 0 spiro atoms. The van der Waals surface area contributed by atoms with E-state index in [9.17, 15) is 4.79 Å². The van der Waals surface area contributed by atoms with E-state index in [4.69, 9.17) is 4.74 Å². The van der Waals surface area contributed by atoms with Crippen molar-refractivity contribution in [2.45, 2.75) is 25.7 Å². The molecule has 0 saturated heterocycles. The molecule has 1 aromatic carbocycles. The van der Waals surface area contributed by atoms with Crippen molar-refractivity contribution in [2.24, 2.45) is 0 Å². The summed E-state index contributed by atoms with van der Waals surface area (Å²) in [5.41, 5.74) is 2.03. The zero-order valence-electron chi connectivity index (χ0n) is 11.9. The maximum Gasteiger partial charge on any atom is 0.263 e. The molecule has 0 aliphatic heterocycles. The van der Waals surface area contributed by atoms with Crippen molar-refractivity contribution in [1.82, 2.24) is 9.97 Å². The van der Waals surface area contributed by atoms with Gasteiger partial charge >= 0.3 is 0 Å². The molecule has 1 amide bonds. The molecule has 2 aromatic rings. The van der Waals surface area contributed by atoms with Crippen molar-refractivity contribution >= 4 is 11.7 Å². The first-order chi connectivity index (χ1) is 10.2. The van der Waals surface area contributed by atoms with Crippen LogP contribution in [0.5, 0.6) is 5.75 Å². The molecular weight excluding hydrogens is 266 g/mol. The van der Waals surface area contributed by atoms with Crippen molar-refractivity contribution in [3.05, 3.63) is 47.9 Å². The average molecular weight is 283 g/mol. The molecule has 1 N–H and O–H groups in total. The minimum Gasteiger partial charge on any atom is -0.484 e. The van der Waals surface area contributed by atoms with Gasteiger partial charge in [-0.25, -0.2) is 4.98 Å². The van der Waals surface area contributed by atoms with Gasteiger partial charge in [0, 0.05) is 18.3 Å². The van der Waals surface area contributed by atoms with Crippen LogP contribution in [-0.2, 0) is 4.79 Å². The average Bonchev–Trinajstić information content (AvgIpc) is 3.32. The number of aromatic nitrogens is 2. The first kappa shape index (κ1) is 13.5. The summed E-state index contributed by atoms with van der Waals surface area (Å²) in [5, 5.41) is 2.78. The van der Waals surface area contributed by atoms with Crippen LogP contribution in [0.25, 0.3) is 0 Å². The van der Waals surface area contributed by atoms with Crippen LogP contribution < -0.4 is 10.1 Å². The van der Waals surface area contributed by atoms with Crippen molar-refractivity contribution in [2.75, 3.05) is 11.9 Å². The number of aryl methyl sites for hydroxylation is 1. The van der Waals surface area contributed by atoms with E-state index in [-0.39, 0.29) is 12.5 Å². The van der Waals surface area contributed by atoms with E-state index in [0.717, 1.165) is 24.1 Å². The molecule has 1 aromatic heterocycles. The molecule has 1 heterocycles. The lowest BCUT2D eigenvalue weighted by Crippen LogP contribution is -2.21. The molecule has 0 atom stereocenters. The van der Waals surface area contributed by atoms with Gasteiger partial charge in [0.1, 0.15) is 5.75 Å². The van der Waals surface area contributed by atoms with Gasteiger partial charge in [-0.3, -0.25) is 9.78 Å². The first-order valence-electron chi connectivity index (χ1n) is 7.02. The summed E-state index contributed by atoms with van der Waals surface area (Å²) >= 11 is 0. The predicted molar refractivity (Wildman–Crippen MR) is 79.3 cm³/mol. The highest BCUT2D eigenvalue weighted by molar-refractivity contribution is 5.91. The predicted octanol–water partition coefficient (Wildman–Crippen LogP) is 2.68. The summed E-state index contributed by atoms with van der Waals surface area (Å²) in [4.78, 5) is 20.4. The molecule has 1 aliphatic carbocycles. The number of benzene rings is 1. The lowest BCUT2D eigenvalue weighted by atomic mass is 10.2. The number of ether oxygens (including phenoxy) is 1. The highest BCUT2D eigenvalue weighted by Crippen LogP contribution is 2.41. The van der Waals surface area contributed by atoms with Gasteiger partial charge in [-0.2, -0.15) is 0 Å². The van der Waals surface area contributed by atoms with Crippen molar-refractivity contribution in [3.8, 4) is 5.75 Å². The van der Waals surface area contributed by atoms with Gasteiger partial charge in [0.25, 0.3) is 5.91 Å². The third kappa shape index (κ3) is 3.56. The first-order valence-corrected chi connectivity index (χ1v) is 7.02. The van der Waals surface area contributed by atoms with E-state index in [0.29, 0.717) is 17.5 Å². The second-order valence-corrected chi connectivity index (χ2v) is 5.21. The van der Waals surface area contributed by atoms with Gasteiger partial charge in [-0.05, 0) is 31.9 Å². The number of rotatable bonds is 5. The van der Waals surface area contributed by atoms with E-state index in [2.05, 4.69) is 15.3 Å². The van der Waals surface area contributed by atoms with E-state index in [1.54, 1.807) is 12.4 Å².